The molecule has 0 saturated carbocycles. The van der Waals surface area contributed by atoms with Crippen LogP contribution in [-0.4, -0.2) is 11.0 Å². The van der Waals surface area contributed by atoms with Crippen LogP contribution in [0.1, 0.15) is 5.56 Å². The van der Waals surface area contributed by atoms with Crippen LogP contribution in [0.3, 0.4) is 0 Å². The number of carbonyl (C=O) groups excluding carboxylic acids is 1. The Morgan fingerprint density at radius 2 is 1.88 bits per heavy atom. The Hall–Kier alpha value is -2.88. The number of urea groups is 1. The fraction of sp³-hybridized carbons (Fsp3) is 0. The summed E-state index contributed by atoms with van der Waals surface area (Å²) in [5.41, 5.74) is 2.73. The van der Waals surface area contributed by atoms with Gasteiger partial charge in [-0.15, -0.1) is 11.3 Å². The SMILES string of the molecule is N#Cc1ccc(-c2csc(NC(=O)Nc3ccccc3Cl)n2)cc1. The van der Waals surface area contributed by atoms with Gasteiger partial charge in [-0.05, 0) is 24.3 Å². The van der Waals surface area contributed by atoms with E-state index in [0.29, 0.717) is 21.4 Å². The van der Waals surface area contributed by atoms with E-state index in [-0.39, 0.29) is 0 Å². The Bertz CT molecular complexity index is 915. The summed E-state index contributed by atoms with van der Waals surface area (Å²) in [5.74, 6) is 0. The molecule has 2 aromatic carbocycles. The van der Waals surface area contributed by atoms with Crippen LogP contribution < -0.4 is 10.6 Å². The van der Waals surface area contributed by atoms with Gasteiger partial charge < -0.3 is 5.32 Å². The summed E-state index contributed by atoms with van der Waals surface area (Å²) in [5, 5.41) is 16.9. The summed E-state index contributed by atoms with van der Waals surface area (Å²) in [6.45, 7) is 0. The molecule has 0 radical (unpaired) electrons. The number of nitrogens with zero attached hydrogens (tertiary/aromatic N) is 2. The highest BCUT2D eigenvalue weighted by Crippen LogP contribution is 2.26. The number of benzene rings is 2. The molecule has 7 heteroatoms. The maximum atomic E-state index is 12.0. The van der Waals surface area contributed by atoms with Crippen LogP contribution in [0, 0.1) is 11.3 Å². The van der Waals surface area contributed by atoms with Gasteiger partial charge in [0.05, 0.1) is 28.0 Å². The number of amides is 2. The number of rotatable bonds is 3. The topological polar surface area (TPSA) is 77.8 Å². The number of aromatic nitrogens is 1. The third kappa shape index (κ3) is 3.71. The first-order valence-corrected chi connectivity index (χ1v) is 8.20. The van der Waals surface area contributed by atoms with Crippen molar-refractivity contribution < 1.29 is 4.79 Å². The number of hydrogen-bond acceptors (Lipinski definition) is 4. The molecule has 3 rings (SSSR count). The van der Waals surface area contributed by atoms with Crippen molar-refractivity contribution in [2.45, 2.75) is 0 Å². The lowest BCUT2D eigenvalue weighted by Crippen LogP contribution is -2.19. The number of carbonyl (C=O) groups is 1. The van der Waals surface area contributed by atoms with E-state index in [4.69, 9.17) is 16.9 Å². The quantitative estimate of drug-likeness (QED) is 0.696. The first-order valence-electron chi connectivity index (χ1n) is 6.94. The molecule has 1 aromatic heterocycles. The van der Waals surface area contributed by atoms with Crippen LogP contribution in [0.5, 0.6) is 0 Å². The van der Waals surface area contributed by atoms with E-state index in [1.165, 1.54) is 11.3 Å². The third-order valence-corrected chi connectivity index (χ3v) is 4.24. The van der Waals surface area contributed by atoms with E-state index in [0.717, 1.165) is 11.3 Å². The molecular weight excluding hydrogens is 344 g/mol. The lowest BCUT2D eigenvalue weighted by atomic mass is 10.1. The van der Waals surface area contributed by atoms with Crippen LogP contribution >= 0.6 is 22.9 Å². The molecule has 0 aliphatic heterocycles. The van der Waals surface area contributed by atoms with Crippen LogP contribution in [0.4, 0.5) is 15.6 Å². The van der Waals surface area contributed by atoms with E-state index in [1.807, 2.05) is 17.5 Å². The van der Waals surface area contributed by atoms with Gasteiger partial charge >= 0.3 is 6.03 Å². The summed E-state index contributed by atoms with van der Waals surface area (Å²) < 4.78 is 0. The third-order valence-electron chi connectivity index (χ3n) is 3.16. The van der Waals surface area contributed by atoms with Crippen molar-refractivity contribution in [3.05, 3.63) is 64.5 Å². The van der Waals surface area contributed by atoms with Gasteiger partial charge in [-0.25, -0.2) is 9.78 Å². The molecule has 2 N–H and O–H groups in total. The molecule has 0 bridgehead atoms. The first kappa shape index (κ1) is 16.0. The Labute approximate surface area is 147 Å². The zero-order chi connectivity index (χ0) is 16.9. The molecule has 0 spiro atoms. The monoisotopic (exact) mass is 354 g/mol. The Morgan fingerprint density at radius 3 is 2.58 bits per heavy atom. The van der Waals surface area contributed by atoms with Crippen LogP contribution in [0.15, 0.2) is 53.9 Å². The predicted octanol–water partition coefficient (Wildman–Crippen LogP) is 4.98. The molecule has 2 amide bonds. The minimum absolute atomic E-state index is 0.413. The summed E-state index contributed by atoms with van der Waals surface area (Å²) >= 11 is 7.32. The van der Waals surface area contributed by atoms with Crippen molar-refractivity contribution in [1.82, 2.24) is 4.98 Å². The molecule has 5 nitrogen and oxygen atoms in total. The molecule has 0 aliphatic carbocycles. The molecule has 0 aliphatic rings. The highest BCUT2D eigenvalue weighted by Gasteiger charge is 2.09. The van der Waals surface area contributed by atoms with Crippen LogP contribution in [0.2, 0.25) is 5.02 Å². The zero-order valence-electron chi connectivity index (χ0n) is 12.3. The van der Waals surface area contributed by atoms with E-state index < -0.39 is 6.03 Å². The van der Waals surface area contributed by atoms with Crippen LogP contribution in [-0.2, 0) is 0 Å². The summed E-state index contributed by atoms with van der Waals surface area (Å²) in [7, 11) is 0. The lowest BCUT2D eigenvalue weighted by Gasteiger charge is -2.06. The minimum Gasteiger partial charge on any atom is -0.306 e. The molecule has 24 heavy (non-hydrogen) atoms. The number of nitriles is 1. The molecule has 0 atom stereocenters. The molecule has 0 saturated heterocycles. The summed E-state index contributed by atoms with van der Waals surface area (Å²) in [6, 6.07) is 15.7. The largest absolute Gasteiger partial charge is 0.325 e. The van der Waals surface area contributed by atoms with Crippen molar-refractivity contribution in [3.8, 4) is 17.3 Å². The second-order valence-electron chi connectivity index (χ2n) is 4.79. The van der Waals surface area contributed by atoms with Gasteiger partial charge in [-0.2, -0.15) is 5.26 Å². The van der Waals surface area contributed by atoms with Crippen molar-refractivity contribution in [2.24, 2.45) is 0 Å². The normalized spacial score (nSPS) is 10.0. The predicted molar refractivity (Wildman–Crippen MR) is 96.4 cm³/mol. The van der Waals surface area contributed by atoms with E-state index in [1.54, 1.807) is 36.4 Å². The van der Waals surface area contributed by atoms with E-state index >= 15 is 0 Å². The molecule has 0 unspecified atom stereocenters. The van der Waals surface area contributed by atoms with Gasteiger partial charge in [0, 0.05) is 10.9 Å². The number of thiazole rings is 1. The van der Waals surface area contributed by atoms with E-state index in [2.05, 4.69) is 21.7 Å². The van der Waals surface area contributed by atoms with Crippen molar-refractivity contribution >= 4 is 39.8 Å². The van der Waals surface area contributed by atoms with Gasteiger partial charge in [-0.1, -0.05) is 35.9 Å². The standard InChI is InChI=1S/C17H11ClN4OS/c18-13-3-1-2-4-14(13)20-16(23)22-17-21-15(10-24-17)12-7-5-11(9-19)6-8-12/h1-8,10H,(H2,20,21,22,23). The summed E-state index contributed by atoms with van der Waals surface area (Å²) in [6.07, 6.45) is 0. The van der Waals surface area contributed by atoms with Gasteiger partial charge in [0.25, 0.3) is 0 Å². The fourth-order valence-corrected chi connectivity index (χ4v) is 2.89. The molecule has 3 aromatic rings. The first-order chi connectivity index (χ1) is 11.7. The fourth-order valence-electron chi connectivity index (χ4n) is 1.99. The van der Waals surface area contributed by atoms with Crippen molar-refractivity contribution in [2.75, 3.05) is 10.6 Å². The summed E-state index contributed by atoms with van der Waals surface area (Å²) in [4.78, 5) is 16.4. The molecular formula is C17H11ClN4OS. The van der Waals surface area contributed by atoms with Gasteiger partial charge in [-0.3, -0.25) is 5.32 Å². The average molecular weight is 355 g/mol. The van der Waals surface area contributed by atoms with Gasteiger partial charge in [0.1, 0.15) is 0 Å². The van der Waals surface area contributed by atoms with Gasteiger partial charge in [0.2, 0.25) is 0 Å². The minimum atomic E-state index is -0.413. The highest BCUT2D eigenvalue weighted by atomic mass is 35.5. The Kier molecular flexibility index (Phi) is 4.75. The van der Waals surface area contributed by atoms with Gasteiger partial charge in [0.15, 0.2) is 5.13 Å². The second-order valence-corrected chi connectivity index (χ2v) is 6.05. The second kappa shape index (κ2) is 7.13. The Balaban J connectivity index is 1.68. The number of anilines is 2. The smallest absolute Gasteiger partial charge is 0.306 e. The molecule has 118 valence electrons. The van der Waals surface area contributed by atoms with Crippen molar-refractivity contribution in [1.29, 1.82) is 5.26 Å². The maximum absolute atomic E-state index is 12.0. The zero-order valence-corrected chi connectivity index (χ0v) is 13.9. The maximum Gasteiger partial charge on any atom is 0.325 e. The highest BCUT2D eigenvalue weighted by molar-refractivity contribution is 7.14. The number of nitrogens with one attached hydrogen (secondary N) is 2. The number of halogens is 1. The number of hydrogen-bond donors (Lipinski definition) is 2. The van der Waals surface area contributed by atoms with Crippen molar-refractivity contribution in [3.63, 3.8) is 0 Å². The molecule has 0 fully saturated rings. The Morgan fingerprint density at radius 1 is 1.12 bits per heavy atom. The van der Waals surface area contributed by atoms with E-state index in [9.17, 15) is 4.79 Å². The number of para-hydroxylation sites is 1. The lowest BCUT2D eigenvalue weighted by molar-refractivity contribution is 0.262. The average Bonchev–Trinajstić information content (AvgIpc) is 3.05. The molecule has 1 heterocycles. The van der Waals surface area contributed by atoms with Crippen LogP contribution in [0.25, 0.3) is 11.3 Å².